The fourth-order valence-corrected chi connectivity index (χ4v) is 2.11. The Morgan fingerprint density at radius 3 is 2.62 bits per heavy atom. The molecule has 0 aliphatic carbocycles. The molecule has 2 N–H and O–H groups in total. The number of nitrogens with one attached hydrogen (secondary N) is 2. The molecule has 0 aliphatic heterocycles. The van der Waals surface area contributed by atoms with Gasteiger partial charge in [0, 0.05) is 6.54 Å². The van der Waals surface area contributed by atoms with Gasteiger partial charge in [-0.2, -0.15) is 0 Å². The number of carbonyl (C=O) groups is 2. The van der Waals surface area contributed by atoms with Gasteiger partial charge in [-0.3, -0.25) is 0 Å². The zero-order valence-electron chi connectivity index (χ0n) is 13.7. The maximum absolute atomic E-state index is 12.1. The molecule has 0 aromatic heterocycles. The van der Waals surface area contributed by atoms with Crippen molar-refractivity contribution in [2.24, 2.45) is 0 Å². The van der Waals surface area contributed by atoms with Crippen LogP contribution < -0.4 is 15.4 Å². The van der Waals surface area contributed by atoms with E-state index in [0.29, 0.717) is 17.8 Å². The predicted octanol–water partition coefficient (Wildman–Crippen LogP) is 3.19. The van der Waals surface area contributed by atoms with Crippen LogP contribution in [0.15, 0.2) is 48.5 Å². The van der Waals surface area contributed by atoms with Crippen LogP contribution in [0.25, 0.3) is 0 Å². The first-order valence-corrected chi connectivity index (χ1v) is 7.58. The van der Waals surface area contributed by atoms with Gasteiger partial charge >= 0.3 is 12.0 Å². The third-order valence-corrected chi connectivity index (χ3v) is 3.26. The minimum absolute atomic E-state index is 0.273. The molecule has 126 valence electrons. The van der Waals surface area contributed by atoms with Crippen LogP contribution in [0.4, 0.5) is 10.5 Å². The van der Waals surface area contributed by atoms with Crippen LogP contribution in [-0.2, 0) is 11.3 Å². The molecule has 2 rings (SSSR count). The quantitative estimate of drug-likeness (QED) is 0.799. The standard InChI is InChI=1S/C18H20N2O4/c1-3-24-17(21)15-9-4-5-10-16(15)20-18(22)19-12-13-7-6-8-14(11-13)23-2/h4-11H,3,12H2,1-2H3,(H2,19,20,22). The molecule has 0 saturated heterocycles. The van der Waals surface area contributed by atoms with Crippen molar-refractivity contribution in [1.29, 1.82) is 0 Å². The predicted molar refractivity (Wildman–Crippen MR) is 91.3 cm³/mol. The highest BCUT2D eigenvalue weighted by Gasteiger charge is 2.13. The van der Waals surface area contributed by atoms with Crippen molar-refractivity contribution in [3.63, 3.8) is 0 Å². The molecule has 6 heteroatoms. The van der Waals surface area contributed by atoms with Gasteiger partial charge in [0.2, 0.25) is 0 Å². The van der Waals surface area contributed by atoms with Gasteiger partial charge < -0.3 is 20.1 Å². The molecule has 0 spiro atoms. The van der Waals surface area contributed by atoms with Crippen LogP contribution in [0.1, 0.15) is 22.8 Å². The molecule has 0 fully saturated rings. The second kappa shape index (κ2) is 8.57. The summed E-state index contributed by atoms with van der Waals surface area (Å²) in [6.45, 7) is 2.34. The molecule has 0 unspecified atom stereocenters. The lowest BCUT2D eigenvalue weighted by Crippen LogP contribution is -2.29. The smallest absolute Gasteiger partial charge is 0.340 e. The van der Waals surface area contributed by atoms with E-state index in [1.807, 2.05) is 24.3 Å². The van der Waals surface area contributed by atoms with E-state index >= 15 is 0 Å². The molecule has 2 aromatic rings. The zero-order valence-corrected chi connectivity index (χ0v) is 13.7. The van der Waals surface area contributed by atoms with Gasteiger partial charge in [-0.25, -0.2) is 9.59 Å². The Labute approximate surface area is 140 Å². The number of carbonyl (C=O) groups excluding carboxylic acids is 2. The largest absolute Gasteiger partial charge is 0.497 e. The second-order valence-corrected chi connectivity index (χ2v) is 4.93. The van der Waals surface area contributed by atoms with Crippen LogP contribution in [0.3, 0.4) is 0 Å². The van der Waals surface area contributed by atoms with Gasteiger partial charge in [0.15, 0.2) is 0 Å². The second-order valence-electron chi connectivity index (χ2n) is 4.93. The summed E-state index contributed by atoms with van der Waals surface area (Å²) in [6.07, 6.45) is 0. The third-order valence-electron chi connectivity index (χ3n) is 3.26. The Morgan fingerprint density at radius 1 is 1.08 bits per heavy atom. The molecule has 0 radical (unpaired) electrons. The molecular formula is C18H20N2O4. The Balaban J connectivity index is 1.98. The molecule has 2 aromatic carbocycles. The van der Waals surface area contributed by atoms with E-state index in [0.717, 1.165) is 11.3 Å². The minimum Gasteiger partial charge on any atom is -0.497 e. The molecular weight excluding hydrogens is 308 g/mol. The van der Waals surface area contributed by atoms with Crippen molar-refractivity contribution in [3.8, 4) is 5.75 Å². The SMILES string of the molecule is CCOC(=O)c1ccccc1NC(=O)NCc1cccc(OC)c1. The molecule has 0 bridgehead atoms. The maximum atomic E-state index is 12.1. The van der Waals surface area contributed by atoms with E-state index in [9.17, 15) is 9.59 Å². The third kappa shape index (κ3) is 4.74. The number of para-hydroxylation sites is 1. The monoisotopic (exact) mass is 328 g/mol. The summed E-state index contributed by atoms with van der Waals surface area (Å²) in [5.74, 6) is 0.253. The average molecular weight is 328 g/mol. The lowest BCUT2D eigenvalue weighted by Gasteiger charge is -2.11. The molecule has 0 aliphatic rings. The van der Waals surface area contributed by atoms with Crippen LogP contribution in [-0.4, -0.2) is 25.7 Å². The molecule has 0 saturated carbocycles. The summed E-state index contributed by atoms with van der Waals surface area (Å²) in [4.78, 5) is 24.0. The first kappa shape index (κ1) is 17.3. The Hall–Kier alpha value is -3.02. The number of urea groups is 1. The fraction of sp³-hybridized carbons (Fsp3) is 0.222. The minimum atomic E-state index is -0.471. The lowest BCUT2D eigenvalue weighted by molar-refractivity contribution is 0.0527. The average Bonchev–Trinajstić information content (AvgIpc) is 2.61. The van der Waals surface area contributed by atoms with Gasteiger partial charge in [0.05, 0.1) is 25.0 Å². The van der Waals surface area contributed by atoms with E-state index in [-0.39, 0.29) is 6.61 Å². The topological polar surface area (TPSA) is 76.7 Å². The summed E-state index contributed by atoms with van der Waals surface area (Å²) in [5, 5.41) is 5.41. The summed E-state index contributed by atoms with van der Waals surface area (Å²) in [5.41, 5.74) is 1.62. The normalized spacial score (nSPS) is 9.92. The first-order valence-electron chi connectivity index (χ1n) is 7.58. The molecule has 2 amide bonds. The van der Waals surface area contributed by atoms with E-state index in [1.54, 1.807) is 38.3 Å². The molecule has 6 nitrogen and oxygen atoms in total. The van der Waals surface area contributed by atoms with Gasteiger partial charge in [-0.15, -0.1) is 0 Å². The first-order chi connectivity index (χ1) is 11.6. The van der Waals surface area contributed by atoms with Crippen molar-refractivity contribution in [2.75, 3.05) is 19.0 Å². The lowest BCUT2D eigenvalue weighted by atomic mass is 10.2. The maximum Gasteiger partial charge on any atom is 0.340 e. The van der Waals surface area contributed by atoms with E-state index in [2.05, 4.69) is 10.6 Å². The molecule has 0 atom stereocenters. The number of esters is 1. The van der Waals surface area contributed by atoms with Crippen LogP contribution in [0.2, 0.25) is 0 Å². The van der Waals surface area contributed by atoms with Gasteiger partial charge in [0.25, 0.3) is 0 Å². The van der Waals surface area contributed by atoms with Crippen molar-refractivity contribution in [3.05, 3.63) is 59.7 Å². The number of anilines is 1. The number of methoxy groups -OCH3 is 1. The van der Waals surface area contributed by atoms with E-state index in [1.165, 1.54) is 0 Å². The Morgan fingerprint density at radius 2 is 1.88 bits per heavy atom. The molecule has 24 heavy (non-hydrogen) atoms. The van der Waals surface area contributed by atoms with Crippen LogP contribution in [0.5, 0.6) is 5.75 Å². The van der Waals surface area contributed by atoms with Crippen molar-refractivity contribution < 1.29 is 19.1 Å². The highest BCUT2D eigenvalue weighted by molar-refractivity contribution is 6.00. The summed E-state index contributed by atoms with van der Waals surface area (Å²) >= 11 is 0. The zero-order chi connectivity index (χ0) is 17.4. The van der Waals surface area contributed by atoms with Crippen molar-refractivity contribution in [1.82, 2.24) is 5.32 Å². The number of benzene rings is 2. The number of rotatable bonds is 6. The van der Waals surface area contributed by atoms with Gasteiger partial charge in [-0.05, 0) is 36.8 Å². The highest BCUT2D eigenvalue weighted by atomic mass is 16.5. The Bertz CT molecular complexity index is 716. The van der Waals surface area contributed by atoms with Crippen molar-refractivity contribution >= 4 is 17.7 Å². The van der Waals surface area contributed by atoms with Crippen LogP contribution in [0, 0.1) is 0 Å². The van der Waals surface area contributed by atoms with E-state index in [4.69, 9.17) is 9.47 Å². The number of hydrogen-bond donors (Lipinski definition) is 2. The van der Waals surface area contributed by atoms with Crippen molar-refractivity contribution in [2.45, 2.75) is 13.5 Å². The summed E-state index contributed by atoms with van der Waals surface area (Å²) in [7, 11) is 1.59. The van der Waals surface area contributed by atoms with Gasteiger partial charge in [-0.1, -0.05) is 24.3 Å². The fourth-order valence-electron chi connectivity index (χ4n) is 2.11. The summed E-state index contributed by atoms with van der Waals surface area (Å²) in [6, 6.07) is 13.7. The highest BCUT2D eigenvalue weighted by Crippen LogP contribution is 2.16. The summed E-state index contributed by atoms with van der Waals surface area (Å²) < 4.78 is 10.1. The number of amides is 2. The van der Waals surface area contributed by atoms with E-state index < -0.39 is 12.0 Å². The number of hydrogen-bond acceptors (Lipinski definition) is 4. The Kier molecular flexibility index (Phi) is 6.19. The number of ether oxygens (including phenoxy) is 2. The molecule has 0 heterocycles. The van der Waals surface area contributed by atoms with Crippen LogP contribution >= 0.6 is 0 Å². The van der Waals surface area contributed by atoms with Gasteiger partial charge in [0.1, 0.15) is 5.75 Å².